The molecule has 0 radical (unpaired) electrons. The van der Waals surface area contributed by atoms with E-state index in [0.29, 0.717) is 29.6 Å². The number of fused-ring (bicyclic) bond motifs is 3. The summed E-state index contributed by atoms with van der Waals surface area (Å²) in [5.41, 5.74) is -0.000282. The second kappa shape index (κ2) is 8.51. The van der Waals surface area contributed by atoms with E-state index in [-0.39, 0.29) is 5.92 Å². The maximum Gasteiger partial charge on any atom is 0.309 e. The van der Waals surface area contributed by atoms with Crippen molar-refractivity contribution in [1.29, 1.82) is 0 Å². The van der Waals surface area contributed by atoms with E-state index in [2.05, 4.69) is 27.7 Å². The van der Waals surface area contributed by atoms with E-state index in [0.717, 1.165) is 31.1 Å². The molecule has 4 aliphatic rings. The number of hydrogen-bond acceptors (Lipinski definition) is 6. The highest BCUT2D eigenvalue weighted by Crippen LogP contribution is 2.71. The van der Waals surface area contributed by atoms with Crippen LogP contribution in [-0.2, 0) is 19.0 Å². The van der Waals surface area contributed by atoms with Crippen molar-refractivity contribution in [2.75, 3.05) is 0 Å². The van der Waals surface area contributed by atoms with Crippen LogP contribution in [0.5, 0.6) is 0 Å². The van der Waals surface area contributed by atoms with Gasteiger partial charge in [0.1, 0.15) is 12.2 Å². The Kier molecular flexibility index (Phi) is 6.50. The molecule has 6 nitrogen and oxygen atoms in total. The van der Waals surface area contributed by atoms with Gasteiger partial charge >= 0.3 is 5.97 Å². The van der Waals surface area contributed by atoms with Gasteiger partial charge in [-0.05, 0) is 74.5 Å². The first-order chi connectivity index (χ1) is 14.9. The SMILES string of the molecule is CCC(C)C(=O)O[C@H]1[C@H](O[C@]2(C)CCC3C(C4C(C)CCC42)C3(C)C)O[C@H](C)[C@H](O)[C@@H]1O. The molecular weight excluding hydrogens is 408 g/mol. The summed E-state index contributed by atoms with van der Waals surface area (Å²) >= 11 is 0. The Morgan fingerprint density at radius 2 is 1.78 bits per heavy atom. The summed E-state index contributed by atoms with van der Waals surface area (Å²) in [5.74, 6) is 2.52. The van der Waals surface area contributed by atoms with Crippen molar-refractivity contribution in [3.63, 3.8) is 0 Å². The average Bonchev–Trinajstić information content (AvgIpc) is 3.11. The molecule has 4 rings (SSSR count). The first-order valence-corrected chi connectivity index (χ1v) is 12.8. The van der Waals surface area contributed by atoms with E-state index < -0.39 is 42.3 Å². The van der Waals surface area contributed by atoms with Crippen molar-refractivity contribution in [1.82, 2.24) is 0 Å². The van der Waals surface area contributed by atoms with E-state index >= 15 is 0 Å². The molecular formula is C26H44O6. The third kappa shape index (κ3) is 3.93. The number of aliphatic hydroxyl groups excluding tert-OH is 2. The molecule has 0 aromatic carbocycles. The molecule has 184 valence electrons. The van der Waals surface area contributed by atoms with Crippen molar-refractivity contribution in [2.24, 2.45) is 40.9 Å². The first-order valence-electron chi connectivity index (χ1n) is 12.8. The largest absolute Gasteiger partial charge is 0.454 e. The molecule has 3 aliphatic carbocycles. The third-order valence-electron chi connectivity index (χ3n) is 9.78. The number of aliphatic hydroxyl groups is 2. The van der Waals surface area contributed by atoms with Gasteiger partial charge in [0.15, 0.2) is 12.4 Å². The number of carbonyl (C=O) groups is 1. The van der Waals surface area contributed by atoms with Crippen LogP contribution < -0.4 is 0 Å². The normalized spacial score (nSPS) is 50.7. The van der Waals surface area contributed by atoms with Gasteiger partial charge in [0.05, 0.1) is 17.6 Å². The standard InChI is InChI=1S/C26H44O6/c1-8-13(2)23(29)31-22-21(28)20(27)15(4)30-24(22)32-26(7)12-11-17-19(25(17,5)6)18-14(3)9-10-16(18)26/h13-22,24,27-28H,8-12H2,1-7H3/t13?,14?,15-,16?,17?,18?,19?,20+,21+,22-,24+,26-/m1/s1. The molecule has 2 N–H and O–H groups in total. The van der Waals surface area contributed by atoms with Crippen molar-refractivity contribution in [2.45, 2.75) is 117 Å². The number of rotatable bonds is 5. The van der Waals surface area contributed by atoms with E-state index in [1.807, 2.05) is 6.92 Å². The Hall–Kier alpha value is -0.690. The Morgan fingerprint density at radius 1 is 1.09 bits per heavy atom. The van der Waals surface area contributed by atoms with Gasteiger partial charge in [-0.2, -0.15) is 0 Å². The van der Waals surface area contributed by atoms with Crippen LogP contribution in [0.25, 0.3) is 0 Å². The van der Waals surface area contributed by atoms with E-state index in [9.17, 15) is 15.0 Å². The summed E-state index contributed by atoms with van der Waals surface area (Å²) in [6, 6.07) is 0. The lowest BCUT2D eigenvalue weighted by atomic mass is 9.74. The average molecular weight is 453 g/mol. The second-order valence-electron chi connectivity index (χ2n) is 12.1. The van der Waals surface area contributed by atoms with Gasteiger partial charge in [0, 0.05) is 0 Å². The summed E-state index contributed by atoms with van der Waals surface area (Å²) in [6.45, 7) is 14.9. The maximum atomic E-state index is 12.6. The van der Waals surface area contributed by atoms with Crippen LogP contribution in [0.15, 0.2) is 0 Å². The number of esters is 1. The van der Waals surface area contributed by atoms with Gasteiger partial charge in [-0.1, -0.05) is 41.0 Å². The molecule has 4 fully saturated rings. The lowest BCUT2D eigenvalue weighted by Gasteiger charge is -2.47. The summed E-state index contributed by atoms with van der Waals surface area (Å²) in [4.78, 5) is 12.6. The third-order valence-corrected chi connectivity index (χ3v) is 9.78. The highest BCUT2D eigenvalue weighted by Gasteiger charge is 2.67. The van der Waals surface area contributed by atoms with Gasteiger partial charge in [-0.25, -0.2) is 0 Å². The molecule has 6 unspecified atom stereocenters. The molecule has 0 bridgehead atoms. The fraction of sp³-hybridized carbons (Fsp3) is 0.962. The fourth-order valence-corrected chi connectivity index (χ4v) is 7.32. The van der Waals surface area contributed by atoms with E-state index in [4.69, 9.17) is 14.2 Å². The highest BCUT2D eigenvalue weighted by atomic mass is 16.7. The minimum atomic E-state index is -1.24. The molecule has 6 heteroatoms. The van der Waals surface area contributed by atoms with Gasteiger partial charge in [0.2, 0.25) is 0 Å². The monoisotopic (exact) mass is 452 g/mol. The van der Waals surface area contributed by atoms with Gasteiger partial charge in [0.25, 0.3) is 0 Å². The molecule has 32 heavy (non-hydrogen) atoms. The molecule has 0 spiro atoms. The lowest BCUT2D eigenvalue weighted by molar-refractivity contribution is -0.329. The molecule has 12 atom stereocenters. The van der Waals surface area contributed by atoms with Crippen LogP contribution in [0, 0.1) is 40.9 Å². The molecule has 1 heterocycles. The maximum absolute atomic E-state index is 12.6. The number of ether oxygens (including phenoxy) is 3. The van der Waals surface area contributed by atoms with Crippen molar-refractivity contribution >= 4 is 5.97 Å². The van der Waals surface area contributed by atoms with Crippen molar-refractivity contribution < 1.29 is 29.2 Å². The van der Waals surface area contributed by atoms with Crippen molar-refractivity contribution in [3.05, 3.63) is 0 Å². The zero-order valence-corrected chi connectivity index (χ0v) is 20.9. The van der Waals surface area contributed by atoms with Crippen LogP contribution in [0.1, 0.15) is 80.6 Å². The Labute approximate surface area is 193 Å². The smallest absolute Gasteiger partial charge is 0.309 e. The van der Waals surface area contributed by atoms with Gasteiger partial charge in [-0.3, -0.25) is 4.79 Å². The molecule has 0 aromatic heterocycles. The predicted octanol–water partition coefficient (Wildman–Crippen LogP) is 3.91. The minimum Gasteiger partial charge on any atom is -0.454 e. The van der Waals surface area contributed by atoms with Crippen LogP contribution in [-0.4, -0.2) is 52.5 Å². The van der Waals surface area contributed by atoms with Crippen molar-refractivity contribution in [3.8, 4) is 0 Å². The quantitative estimate of drug-likeness (QED) is 0.615. The first kappa shape index (κ1) is 24.4. The summed E-state index contributed by atoms with van der Waals surface area (Å²) in [5, 5.41) is 21.2. The van der Waals surface area contributed by atoms with Gasteiger partial charge < -0.3 is 24.4 Å². The van der Waals surface area contributed by atoms with Crippen LogP contribution in [0.4, 0.5) is 0 Å². The summed E-state index contributed by atoms with van der Waals surface area (Å²) in [6.07, 6.45) is 0.153. The fourth-order valence-electron chi connectivity index (χ4n) is 7.32. The Bertz CT molecular complexity index is 708. The Balaban J connectivity index is 1.58. The Morgan fingerprint density at radius 3 is 2.44 bits per heavy atom. The molecule has 0 aromatic rings. The van der Waals surface area contributed by atoms with Crippen LogP contribution in [0.3, 0.4) is 0 Å². The zero-order valence-electron chi connectivity index (χ0n) is 20.9. The number of hydrogen-bond donors (Lipinski definition) is 2. The molecule has 1 aliphatic heterocycles. The molecule has 0 amide bonds. The summed E-state index contributed by atoms with van der Waals surface area (Å²) < 4.78 is 18.5. The highest BCUT2D eigenvalue weighted by molar-refractivity contribution is 5.72. The summed E-state index contributed by atoms with van der Waals surface area (Å²) in [7, 11) is 0. The molecule has 3 saturated carbocycles. The predicted molar refractivity (Wildman–Crippen MR) is 121 cm³/mol. The zero-order chi connectivity index (χ0) is 23.6. The molecule has 1 saturated heterocycles. The van der Waals surface area contributed by atoms with Crippen LogP contribution in [0.2, 0.25) is 0 Å². The lowest BCUT2D eigenvalue weighted by Crippen LogP contribution is -2.61. The van der Waals surface area contributed by atoms with E-state index in [1.165, 1.54) is 6.42 Å². The topological polar surface area (TPSA) is 85.2 Å². The van der Waals surface area contributed by atoms with Gasteiger partial charge in [-0.15, -0.1) is 0 Å². The second-order valence-corrected chi connectivity index (χ2v) is 12.1. The minimum absolute atomic E-state index is 0.290. The van der Waals surface area contributed by atoms with Crippen LogP contribution >= 0.6 is 0 Å². The van der Waals surface area contributed by atoms with E-state index in [1.54, 1.807) is 13.8 Å². The number of carbonyl (C=O) groups excluding carboxylic acids is 1.